The molecule has 12 heteroatoms. The topological polar surface area (TPSA) is 131 Å². The lowest BCUT2D eigenvalue weighted by Gasteiger charge is -2.38. The van der Waals surface area contributed by atoms with Crippen molar-refractivity contribution in [2.45, 2.75) is 84.2 Å². The van der Waals surface area contributed by atoms with Crippen LogP contribution >= 0.6 is 0 Å². The fourth-order valence-corrected chi connectivity index (χ4v) is 7.93. The molecule has 4 bridgehead atoms. The lowest BCUT2D eigenvalue weighted by molar-refractivity contribution is 0.0533. The SMILES string of the molecule is Cc1cccc(C)c1-c1cc2nc(n1)NS(=O)(=O)c1cccc(c1)C(=O)N(Cc1ncc(N3CCC(C)(C)CC3)cn1)[C@H](CC1(C)CC1)CO2. The maximum atomic E-state index is 14.5. The van der Waals surface area contributed by atoms with Crippen molar-refractivity contribution in [2.24, 2.45) is 10.8 Å². The highest BCUT2D eigenvalue weighted by Crippen LogP contribution is 2.49. The van der Waals surface area contributed by atoms with E-state index in [4.69, 9.17) is 14.7 Å². The van der Waals surface area contributed by atoms with Gasteiger partial charge in [0.1, 0.15) is 12.4 Å². The largest absolute Gasteiger partial charge is 0.475 e. The number of aromatic nitrogens is 4. The van der Waals surface area contributed by atoms with Gasteiger partial charge in [-0.3, -0.25) is 4.79 Å². The molecule has 2 aromatic carbocycles. The van der Waals surface area contributed by atoms with Crippen molar-refractivity contribution in [1.29, 1.82) is 0 Å². The van der Waals surface area contributed by atoms with Crippen LogP contribution in [0.2, 0.25) is 0 Å². The predicted octanol–water partition coefficient (Wildman–Crippen LogP) is 6.57. The van der Waals surface area contributed by atoms with Gasteiger partial charge >= 0.3 is 0 Å². The third kappa shape index (κ3) is 7.31. The Hall–Kier alpha value is -4.58. The highest BCUT2D eigenvalue weighted by atomic mass is 32.2. The van der Waals surface area contributed by atoms with Gasteiger partial charge in [-0.05, 0) is 86.1 Å². The van der Waals surface area contributed by atoms with Crippen molar-refractivity contribution in [3.63, 3.8) is 0 Å². The quantitative estimate of drug-likeness (QED) is 0.238. The number of sulfonamides is 1. The molecule has 0 spiro atoms. The number of hydrogen-bond donors (Lipinski definition) is 1. The molecule has 2 fully saturated rings. The van der Waals surface area contributed by atoms with Crippen LogP contribution < -0.4 is 14.4 Å². The van der Waals surface area contributed by atoms with Gasteiger partial charge in [-0.1, -0.05) is 45.0 Å². The molecule has 262 valence electrons. The zero-order chi connectivity index (χ0) is 35.3. The summed E-state index contributed by atoms with van der Waals surface area (Å²) >= 11 is 0. The van der Waals surface area contributed by atoms with Gasteiger partial charge in [0, 0.05) is 30.3 Å². The molecule has 0 radical (unpaired) electrons. The van der Waals surface area contributed by atoms with Crippen LogP contribution in [-0.2, 0) is 16.6 Å². The van der Waals surface area contributed by atoms with Gasteiger partial charge in [0.05, 0.1) is 41.3 Å². The van der Waals surface area contributed by atoms with Crippen molar-refractivity contribution in [3.05, 3.63) is 83.4 Å². The summed E-state index contributed by atoms with van der Waals surface area (Å²) in [5.41, 5.74) is 4.98. The number of amides is 1. The number of ether oxygens (including phenoxy) is 1. The monoisotopic (exact) mass is 695 g/mol. The second kappa shape index (κ2) is 12.9. The van der Waals surface area contributed by atoms with Crippen LogP contribution in [-0.4, -0.2) is 64.9 Å². The van der Waals surface area contributed by atoms with Gasteiger partial charge < -0.3 is 14.5 Å². The van der Waals surface area contributed by atoms with E-state index >= 15 is 0 Å². The van der Waals surface area contributed by atoms with E-state index in [1.807, 2.05) is 44.4 Å². The molecule has 2 aliphatic heterocycles. The van der Waals surface area contributed by atoms with Crippen LogP contribution in [0.4, 0.5) is 11.6 Å². The van der Waals surface area contributed by atoms with E-state index in [0.29, 0.717) is 23.4 Å². The minimum atomic E-state index is -4.16. The summed E-state index contributed by atoms with van der Waals surface area (Å²) in [6.07, 6.45) is 8.68. The zero-order valence-corrected chi connectivity index (χ0v) is 30.3. The molecule has 1 atom stereocenters. The summed E-state index contributed by atoms with van der Waals surface area (Å²) in [7, 11) is -4.16. The number of nitrogens with one attached hydrogen (secondary N) is 1. The lowest BCUT2D eigenvalue weighted by Crippen LogP contribution is -2.45. The molecule has 1 saturated carbocycles. The average Bonchev–Trinajstić information content (AvgIpc) is 3.81. The van der Waals surface area contributed by atoms with E-state index in [1.54, 1.807) is 23.1 Å². The Bertz CT molecular complexity index is 2000. The zero-order valence-electron chi connectivity index (χ0n) is 29.4. The van der Waals surface area contributed by atoms with Gasteiger partial charge in [-0.15, -0.1) is 0 Å². The van der Waals surface area contributed by atoms with Crippen molar-refractivity contribution in [2.75, 3.05) is 29.3 Å². The highest BCUT2D eigenvalue weighted by molar-refractivity contribution is 7.92. The molecule has 1 N–H and O–H groups in total. The van der Waals surface area contributed by atoms with Crippen molar-refractivity contribution in [3.8, 4) is 17.1 Å². The number of hydrogen-bond acceptors (Lipinski definition) is 9. The Morgan fingerprint density at radius 3 is 2.28 bits per heavy atom. The lowest BCUT2D eigenvalue weighted by atomic mass is 9.82. The van der Waals surface area contributed by atoms with Gasteiger partial charge in [-0.2, -0.15) is 4.98 Å². The molecular weight excluding hydrogens is 651 g/mol. The maximum Gasteiger partial charge on any atom is 0.264 e. The van der Waals surface area contributed by atoms with Crippen LogP contribution in [0.5, 0.6) is 5.88 Å². The number of aryl methyl sites for hydroxylation is 2. The Morgan fingerprint density at radius 2 is 1.60 bits per heavy atom. The Morgan fingerprint density at radius 1 is 0.920 bits per heavy atom. The molecule has 3 aliphatic rings. The first-order valence-electron chi connectivity index (χ1n) is 17.4. The van der Waals surface area contributed by atoms with Crippen LogP contribution in [0, 0.1) is 24.7 Å². The Balaban J connectivity index is 1.27. The van der Waals surface area contributed by atoms with Crippen molar-refractivity contribution in [1.82, 2.24) is 24.8 Å². The van der Waals surface area contributed by atoms with Gasteiger partial charge in [-0.25, -0.2) is 28.1 Å². The van der Waals surface area contributed by atoms with Crippen LogP contribution in [0.15, 0.2) is 65.8 Å². The minimum absolute atomic E-state index is 0.0558. The number of nitrogens with zero attached hydrogens (tertiary/aromatic N) is 6. The molecular formula is C38H45N7O4S. The summed E-state index contributed by atoms with van der Waals surface area (Å²) in [6.45, 7) is 13.0. The van der Waals surface area contributed by atoms with Crippen molar-refractivity contribution >= 4 is 27.6 Å². The third-order valence-electron chi connectivity index (χ3n) is 10.5. The van der Waals surface area contributed by atoms with E-state index in [1.165, 1.54) is 12.1 Å². The molecule has 2 aromatic heterocycles. The summed E-state index contributed by atoms with van der Waals surface area (Å²) in [5, 5.41) is 0. The maximum absolute atomic E-state index is 14.5. The summed E-state index contributed by atoms with van der Waals surface area (Å²) in [5.74, 6) is 0.287. The first-order chi connectivity index (χ1) is 23.8. The fourth-order valence-electron chi connectivity index (χ4n) is 6.94. The van der Waals surface area contributed by atoms with Crippen LogP contribution in [0.25, 0.3) is 11.3 Å². The predicted molar refractivity (Wildman–Crippen MR) is 193 cm³/mol. The van der Waals surface area contributed by atoms with Crippen molar-refractivity contribution < 1.29 is 17.9 Å². The summed E-state index contributed by atoms with van der Waals surface area (Å²) < 4.78 is 36.4. The van der Waals surface area contributed by atoms with Gasteiger partial charge in [0.2, 0.25) is 11.8 Å². The minimum Gasteiger partial charge on any atom is -0.475 e. The average molecular weight is 696 g/mol. The molecule has 1 saturated heterocycles. The molecule has 4 heterocycles. The fraction of sp³-hybridized carbons (Fsp3) is 0.447. The number of benzene rings is 2. The van der Waals surface area contributed by atoms with E-state index < -0.39 is 10.0 Å². The molecule has 0 unspecified atom stereocenters. The number of fused-ring (bicyclic) bond motifs is 4. The molecule has 1 aliphatic carbocycles. The second-order valence-electron chi connectivity index (χ2n) is 15.2. The molecule has 11 nitrogen and oxygen atoms in total. The van der Waals surface area contributed by atoms with Crippen LogP contribution in [0.3, 0.4) is 0 Å². The number of carbonyl (C=O) groups is 1. The normalized spacial score (nSPS) is 20.8. The number of anilines is 2. The summed E-state index contributed by atoms with van der Waals surface area (Å²) in [6, 6.07) is 13.4. The Labute approximate surface area is 294 Å². The van der Waals surface area contributed by atoms with E-state index in [2.05, 4.69) is 40.4 Å². The van der Waals surface area contributed by atoms with E-state index in [-0.39, 0.29) is 52.8 Å². The van der Waals surface area contributed by atoms with Crippen LogP contribution in [0.1, 0.15) is 80.2 Å². The number of carbonyl (C=O) groups excluding carboxylic acids is 1. The molecule has 4 aromatic rings. The molecule has 1 amide bonds. The summed E-state index contributed by atoms with van der Waals surface area (Å²) in [4.78, 5) is 37.1. The van der Waals surface area contributed by atoms with Gasteiger partial charge in [0.15, 0.2) is 0 Å². The molecule has 7 rings (SSSR count). The number of piperidine rings is 1. The van der Waals surface area contributed by atoms with E-state index in [9.17, 15) is 13.2 Å². The Kier molecular flexibility index (Phi) is 8.78. The molecule has 50 heavy (non-hydrogen) atoms. The third-order valence-corrected chi connectivity index (χ3v) is 11.8. The smallest absolute Gasteiger partial charge is 0.264 e. The number of rotatable bonds is 6. The second-order valence-corrected chi connectivity index (χ2v) is 16.9. The van der Waals surface area contributed by atoms with Gasteiger partial charge in [0.25, 0.3) is 15.9 Å². The first kappa shape index (κ1) is 33.9. The standard InChI is InChI=1S/C38H45N7O4S/c1-25-8-6-9-26(2)34(25)31-19-33-42-36(41-31)43-50(47,48)30-11-7-10-27(18-30)35(46)45(28(24-49-33)20-38(5)12-13-38)23-32-39-21-29(22-40-32)44-16-14-37(3,4)15-17-44/h6-11,18-19,21-22,28H,12-17,20,23-24H2,1-5H3,(H,41,42,43)/t28-/m1/s1. The first-order valence-corrected chi connectivity index (χ1v) is 18.8. The van der Waals surface area contributed by atoms with E-state index in [0.717, 1.165) is 61.2 Å². The highest BCUT2D eigenvalue weighted by Gasteiger charge is 2.42.